The van der Waals surface area contributed by atoms with Crippen molar-refractivity contribution < 1.29 is 22.6 Å². The van der Waals surface area contributed by atoms with Crippen LogP contribution >= 0.6 is 0 Å². The molecule has 0 aromatic heterocycles. The lowest BCUT2D eigenvalue weighted by Crippen LogP contribution is -2.31. The Kier molecular flexibility index (Phi) is 3.42. The molecule has 1 aliphatic rings. The third-order valence-electron chi connectivity index (χ3n) is 2.76. The van der Waals surface area contributed by atoms with Crippen molar-refractivity contribution in [2.75, 3.05) is 20.8 Å². The fourth-order valence-corrected chi connectivity index (χ4v) is 1.59. The number of hydrogen-bond acceptors (Lipinski definition) is 2. The van der Waals surface area contributed by atoms with Crippen LogP contribution in [-0.2, 0) is 9.47 Å². The molecule has 1 unspecified atom stereocenters. The maximum absolute atomic E-state index is 12.5. The SMILES string of the molecule is COCC(CC1(C(F)(F)F)CC1)OC. The Morgan fingerprint density at radius 2 is 1.86 bits per heavy atom. The van der Waals surface area contributed by atoms with E-state index < -0.39 is 17.7 Å². The van der Waals surface area contributed by atoms with E-state index in [0.29, 0.717) is 0 Å². The topological polar surface area (TPSA) is 18.5 Å². The Hall–Kier alpha value is -0.290. The van der Waals surface area contributed by atoms with Gasteiger partial charge >= 0.3 is 6.18 Å². The lowest BCUT2D eigenvalue weighted by atomic mass is 9.98. The van der Waals surface area contributed by atoms with Gasteiger partial charge in [-0.1, -0.05) is 0 Å². The molecule has 0 spiro atoms. The van der Waals surface area contributed by atoms with Gasteiger partial charge in [0.1, 0.15) is 0 Å². The van der Waals surface area contributed by atoms with Crippen molar-refractivity contribution in [3.05, 3.63) is 0 Å². The van der Waals surface area contributed by atoms with Crippen LogP contribution in [0.1, 0.15) is 19.3 Å². The van der Waals surface area contributed by atoms with Crippen molar-refractivity contribution in [2.45, 2.75) is 31.5 Å². The van der Waals surface area contributed by atoms with E-state index in [1.165, 1.54) is 14.2 Å². The summed E-state index contributed by atoms with van der Waals surface area (Å²) in [4.78, 5) is 0. The van der Waals surface area contributed by atoms with Gasteiger partial charge in [0, 0.05) is 14.2 Å². The molecule has 14 heavy (non-hydrogen) atoms. The van der Waals surface area contributed by atoms with Gasteiger partial charge in [0.05, 0.1) is 18.1 Å². The Bertz CT molecular complexity index is 187. The number of halogens is 3. The average Bonchev–Trinajstić information content (AvgIpc) is 2.83. The molecule has 1 atom stereocenters. The number of rotatable bonds is 5. The Labute approximate surface area is 81.4 Å². The molecule has 84 valence electrons. The minimum Gasteiger partial charge on any atom is -0.382 e. The van der Waals surface area contributed by atoms with Crippen molar-refractivity contribution in [2.24, 2.45) is 5.41 Å². The summed E-state index contributed by atoms with van der Waals surface area (Å²) < 4.78 is 47.3. The van der Waals surface area contributed by atoms with E-state index in [1.807, 2.05) is 0 Å². The highest BCUT2D eigenvalue weighted by Gasteiger charge is 2.63. The molecular weight excluding hydrogens is 197 g/mol. The Morgan fingerprint density at radius 3 is 2.14 bits per heavy atom. The van der Waals surface area contributed by atoms with E-state index >= 15 is 0 Å². The molecule has 0 radical (unpaired) electrons. The van der Waals surface area contributed by atoms with Crippen LogP contribution in [0.2, 0.25) is 0 Å². The molecule has 1 rings (SSSR count). The zero-order chi connectivity index (χ0) is 10.8. The number of alkyl halides is 3. The molecule has 0 N–H and O–H groups in total. The summed E-state index contributed by atoms with van der Waals surface area (Å²) in [7, 11) is 2.87. The minimum atomic E-state index is -4.10. The monoisotopic (exact) mass is 212 g/mol. The van der Waals surface area contributed by atoms with Crippen molar-refractivity contribution in [3.63, 3.8) is 0 Å². The molecule has 0 heterocycles. The Balaban J connectivity index is 2.50. The van der Waals surface area contributed by atoms with Gasteiger partial charge in [0.15, 0.2) is 0 Å². The van der Waals surface area contributed by atoms with Gasteiger partial charge in [-0.15, -0.1) is 0 Å². The maximum atomic E-state index is 12.5. The van der Waals surface area contributed by atoms with Crippen LogP contribution in [0.5, 0.6) is 0 Å². The third-order valence-corrected chi connectivity index (χ3v) is 2.76. The second kappa shape index (κ2) is 4.06. The molecule has 1 aliphatic carbocycles. The molecule has 1 saturated carbocycles. The first kappa shape index (κ1) is 11.8. The van der Waals surface area contributed by atoms with Crippen molar-refractivity contribution in [1.29, 1.82) is 0 Å². The van der Waals surface area contributed by atoms with Crippen LogP contribution < -0.4 is 0 Å². The number of methoxy groups -OCH3 is 2. The fourth-order valence-electron chi connectivity index (χ4n) is 1.59. The van der Waals surface area contributed by atoms with Gasteiger partial charge in [-0.25, -0.2) is 0 Å². The number of ether oxygens (including phenoxy) is 2. The summed E-state index contributed by atoms with van der Waals surface area (Å²) in [6.07, 6.45) is -4.09. The number of hydrogen-bond donors (Lipinski definition) is 0. The first-order chi connectivity index (χ1) is 6.45. The van der Waals surface area contributed by atoms with Crippen LogP contribution in [0, 0.1) is 5.41 Å². The molecule has 0 aliphatic heterocycles. The minimum absolute atomic E-state index is 0.0147. The van der Waals surface area contributed by atoms with Gasteiger partial charge in [0.25, 0.3) is 0 Å². The molecule has 2 nitrogen and oxygen atoms in total. The van der Waals surface area contributed by atoms with Crippen molar-refractivity contribution >= 4 is 0 Å². The predicted octanol–water partition coefficient (Wildman–Crippen LogP) is 2.38. The molecule has 0 aromatic carbocycles. The van der Waals surface area contributed by atoms with E-state index in [2.05, 4.69) is 0 Å². The van der Waals surface area contributed by atoms with Crippen molar-refractivity contribution in [3.8, 4) is 0 Å². The second-order valence-corrected chi connectivity index (χ2v) is 3.80. The summed E-state index contributed by atoms with van der Waals surface area (Å²) in [5.41, 5.74) is -1.49. The third kappa shape index (κ3) is 2.39. The van der Waals surface area contributed by atoms with Gasteiger partial charge in [-0.2, -0.15) is 13.2 Å². The normalized spacial score (nSPS) is 22.1. The summed E-state index contributed by atoms with van der Waals surface area (Å²) in [6.45, 7) is 0.217. The molecule has 5 heteroatoms. The summed E-state index contributed by atoms with van der Waals surface area (Å²) in [5.74, 6) is 0. The smallest absolute Gasteiger partial charge is 0.382 e. The predicted molar refractivity (Wildman–Crippen MR) is 45.0 cm³/mol. The highest BCUT2D eigenvalue weighted by molar-refractivity contribution is 5.00. The molecule has 0 amide bonds. The standard InChI is InChI=1S/C9H15F3O2/c1-13-6-7(14-2)5-8(3-4-8)9(10,11)12/h7H,3-6H2,1-2H3. The van der Waals surface area contributed by atoms with Gasteiger partial charge in [0.2, 0.25) is 0 Å². The van der Waals surface area contributed by atoms with Crippen molar-refractivity contribution in [1.82, 2.24) is 0 Å². The van der Waals surface area contributed by atoms with Gasteiger partial charge in [-0.05, 0) is 19.3 Å². The van der Waals surface area contributed by atoms with Crippen LogP contribution in [0.25, 0.3) is 0 Å². The Morgan fingerprint density at radius 1 is 1.29 bits per heavy atom. The summed E-state index contributed by atoms with van der Waals surface area (Å²) in [5, 5.41) is 0. The molecule has 0 bridgehead atoms. The largest absolute Gasteiger partial charge is 0.394 e. The quantitative estimate of drug-likeness (QED) is 0.696. The van der Waals surface area contributed by atoms with Crippen LogP contribution in [0.15, 0.2) is 0 Å². The van der Waals surface area contributed by atoms with E-state index in [0.717, 1.165) is 0 Å². The molecule has 0 saturated heterocycles. The highest BCUT2D eigenvalue weighted by Crippen LogP contribution is 2.60. The fraction of sp³-hybridized carbons (Fsp3) is 1.00. The lowest BCUT2D eigenvalue weighted by Gasteiger charge is -2.23. The molecule has 1 fully saturated rings. The zero-order valence-electron chi connectivity index (χ0n) is 8.36. The molecular formula is C9H15F3O2. The summed E-state index contributed by atoms with van der Waals surface area (Å²) in [6, 6.07) is 0. The highest BCUT2D eigenvalue weighted by atomic mass is 19.4. The molecule has 0 aromatic rings. The lowest BCUT2D eigenvalue weighted by molar-refractivity contribution is -0.197. The van der Waals surface area contributed by atoms with E-state index in [-0.39, 0.29) is 25.9 Å². The average molecular weight is 212 g/mol. The van der Waals surface area contributed by atoms with Gasteiger partial charge < -0.3 is 9.47 Å². The van der Waals surface area contributed by atoms with E-state index in [4.69, 9.17) is 9.47 Å². The van der Waals surface area contributed by atoms with E-state index in [9.17, 15) is 13.2 Å². The van der Waals surface area contributed by atoms with Crippen LogP contribution in [0.3, 0.4) is 0 Å². The van der Waals surface area contributed by atoms with E-state index in [1.54, 1.807) is 0 Å². The summed E-state index contributed by atoms with van der Waals surface area (Å²) >= 11 is 0. The van der Waals surface area contributed by atoms with Gasteiger partial charge in [-0.3, -0.25) is 0 Å². The zero-order valence-corrected chi connectivity index (χ0v) is 8.36. The first-order valence-electron chi connectivity index (χ1n) is 4.53. The second-order valence-electron chi connectivity index (χ2n) is 3.80. The maximum Gasteiger partial charge on any atom is 0.394 e. The van der Waals surface area contributed by atoms with Crippen LogP contribution in [-0.4, -0.2) is 33.1 Å². The van der Waals surface area contributed by atoms with Crippen LogP contribution in [0.4, 0.5) is 13.2 Å². The first-order valence-corrected chi connectivity index (χ1v) is 4.53.